The highest BCUT2D eigenvalue weighted by Crippen LogP contribution is 2.39. The van der Waals surface area contributed by atoms with Crippen molar-refractivity contribution >= 4 is 17.4 Å². The van der Waals surface area contributed by atoms with Gasteiger partial charge in [0.15, 0.2) is 0 Å². The predicted octanol–water partition coefficient (Wildman–Crippen LogP) is 4.02. The lowest BCUT2D eigenvalue weighted by atomic mass is 9.92. The second-order valence-electron chi connectivity index (χ2n) is 5.90. The highest BCUT2D eigenvalue weighted by molar-refractivity contribution is 6.29. The van der Waals surface area contributed by atoms with Gasteiger partial charge in [0.1, 0.15) is 16.8 Å². The molecule has 4 heteroatoms. The molecule has 104 valence electrons. The van der Waals surface area contributed by atoms with Crippen LogP contribution in [0.15, 0.2) is 6.07 Å². The molecule has 1 saturated carbocycles. The molecule has 0 unspecified atom stereocenters. The van der Waals surface area contributed by atoms with Crippen LogP contribution in [0.25, 0.3) is 0 Å². The molecule has 2 heterocycles. The molecule has 1 aliphatic heterocycles. The van der Waals surface area contributed by atoms with E-state index >= 15 is 0 Å². The molecular weight excluding hydrogens is 258 g/mol. The van der Waals surface area contributed by atoms with Crippen LogP contribution in [-0.2, 0) is 0 Å². The average Bonchev–Trinajstić information content (AvgIpc) is 3.23. The van der Waals surface area contributed by atoms with Crippen molar-refractivity contribution in [2.24, 2.45) is 5.92 Å². The van der Waals surface area contributed by atoms with Gasteiger partial charge in [0.2, 0.25) is 0 Å². The van der Waals surface area contributed by atoms with E-state index < -0.39 is 0 Å². The Morgan fingerprint density at radius 3 is 2.58 bits per heavy atom. The topological polar surface area (TPSA) is 29.0 Å². The third kappa shape index (κ3) is 3.19. The second kappa shape index (κ2) is 5.66. The van der Waals surface area contributed by atoms with Crippen LogP contribution in [-0.4, -0.2) is 23.1 Å². The van der Waals surface area contributed by atoms with E-state index in [4.69, 9.17) is 16.6 Å². The normalized spacial score (nSPS) is 20.8. The minimum atomic E-state index is 0.565. The Morgan fingerprint density at radius 1 is 1.21 bits per heavy atom. The fraction of sp³-hybridized carbons (Fsp3) is 0.733. The van der Waals surface area contributed by atoms with Gasteiger partial charge in [-0.1, -0.05) is 31.4 Å². The van der Waals surface area contributed by atoms with Crippen LogP contribution in [0.4, 0.5) is 5.82 Å². The first-order chi connectivity index (χ1) is 9.26. The molecule has 0 N–H and O–H groups in total. The van der Waals surface area contributed by atoms with Crippen molar-refractivity contribution in [3.05, 3.63) is 17.0 Å². The quantitative estimate of drug-likeness (QED) is 0.780. The first-order valence-electron chi connectivity index (χ1n) is 7.55. The van der Waals surface area contributed by atoms with Gasteiger partial charge in [0.05, 0.1) is 0 Å². The van der Waals surface area contributed by atoms with Crippen LogP contribution >= 0.6 is 11.6 Å². The highest BCUT2D eigenvalue weighted by Gasteiger charge is 2.28. The molecule has 1 aromatic heterocycles. The fourth-order valence-electron chi connectivity index (χ4n) is 2.97. The zero-order valence-corrected chi connectivity index (χ0v) is 12.4. The maximum Gasteiger partial charge on any atom is 0.135 e. The Hall–Kier alpha value is -0.830. The van der Waals surface area contributed by atoms with Gasteiger partial charge in [-0.2, -0.15) is 0 Å². The average molecular weight is 280 g/mol. The number of anilines is 1. The Morgan fingerprint density at radius 2 is 1.95 bits per heavy atom. The SMILES string of the molecule is CCCC1CCN(c2cc(Cl)nc(C3CC3)n2)CC1. The first kappa shape index (κ1) is 13.2. The van der Waals surface area contributed by atoms with Crippen LogP contribution in [0.2, 0.25) is 5.15 Å². The lowest BCUT2D eigenvalue weighted by Crippen LogP contribution is -2.34. The number of halogens is 1. The number of rotatable bonds is 4. The van der Waals surface area contributed by atoms with Gasteiger partial charge in [-0.3, -0.25) is 0 Å². The van der Waals surface area contributed by atoms with Gasteiger partial charge in [-0.15, -0.1) is 0 Å². The van der Waals surface area contributed by atoms with Crippen molar-refractivity contribution in [1.29, 1.82) is 0 Å². The van der Waals surface area contributed by atoms with Gasteiger partial charge >= 0.3 is 0 Å². The molecule has 0 amide bonds. The molecule has 3 rings (SSSR count). The molecule has 2 fully saturated rings. The van der Waals surface area contributed by atoms with E-state index in [-0.39, 0.29) is 0 Å². The van der Waals surface area contributed by atoms with E-state index in [1.807, 2.05) is 6.07 Å². The van der Waals surface area contributed by atoms with Crippen LogP contribution in [0, 0.1) is 5.92 Å². The lowest BCUT2D eigenvalue weighted by molar-refractivity contribution is 0.377. The number of aromatic nitrogens is 2. The van der Waals surface area contributed by atoms with Crippen LogP contribution in [0.3, 0.4) is 0 Å². The Balaban J connectivity index is 1.69. The van der Waals surface area contributed by atoms with E-state index in [1.165, 1.54) is 38.5 Å². The van der Waals surface area contributed by atoms with Crippen molar-refractivity contribution in [2.75, 3.05) is 18.0 Å². The molecular formula is C15H22ClN3. The van der Waals surface area contributed by atoms with Crippen LogP contribution < -0.4 is 4.90 Å². The predicted molar refractivity (Wildman–Crippen MR) is 78.9 cm³/mol. The lowest BCUT2D eigenvalue weighted by Gasteiger charge is -2.32. The Kier molecular flexibility index (Phi) is 3.92. The summed E-state index contributed by atoms with van der Waals surface area (Å²) in [6.45, 7) is 4.50. The summed E-state index contributed by atoms with van der Waals surface area (Å²) in [6.07, 6.45) is 7.68. The van der Waals surface area contributed by atoms with Gasteiger partial charge in [0.25, 0.3) is 0 Å². The molecule has 1 aromatic rings. The van der Waals surface area contributed by atoms with Crippen molar-refractivity contribution in [3.8, 4) is 0 Å². The molecule has 0 bridgehead atoms. The Labute approximate surface area is 120 Å². The number of piperidine rings is 1. The molecule has 1 saturated heterocycles. The summed E-state index contributed by atoms with van der Waals surface area (Å²) < 4.78 is 0. The molecule has 2 aliphatic rings. The summed E-state index contributed by atoms with van der Waals surface area (Å²) in [4.78, 5) is 11.5. The van der Waals surface area contributed by atoms with Crippen LogP contribution in [0.5, 0.6) is 0 Å². The number of hydrogen-bond donors (Lipinski definition) is 0. The summed E-state index contributed by atoms with van der Waals surface area (Å²) in [7, 11) is 0. The zero-order valence-electron chi connectivity index (χ0n) is 11.6. The Bertz CT molecular complexity index is 437. The molecule has 0 radical (unpaired) electrons. The largest absolute Gasteiger partial charge is 0.356 e. The molecule has 3 nitrogen and oxygen atoms in total. The minimum Gasteiger partial charge on any atom is -0.356 e. The molecule has 0 aromatic carbocycles. The van der Waals surface area contributed by atoms with E-state index in [9.17, 15) is 0 Å². The summed E-state index contributed by atoms with van der Waals surface area (Å²) >= 11 is 6.14. The van der Waals surface area contributed by atoms with Gasteiger partial charge in [-0.25, -0.2) is 9.97 Å². The van der Waals surface area contributed by atoms with Crippen molar-refractivity contribution in [1.82, 2.24) is 9.97 Å². The smallest absolute Gasteiger partial charge is 0.135 e. The highest BCUT2D eigenvalue weighted by atomic mass is 35.5. The summed E-state index contributed by atoms with van der Waals surface area (Å²) in [5.74, 6) is 3.46. The van der Waals surface area contributed by atoms with E-state index in [0.29, 0.717) is 11.1 Å². The zero-order chi connectivity index (χ0) is 13.2. The van der Waals surface area contributed by atoms with Crippen LogP contribution in [0.1, 0.15) is 57.2 Å². The monoisotopic (exact) mass is 279 g/mol. The van der Waals surface area contributed by atoms with E-state index in [0.717, 1.165) is 30.6 Å². The second-order valence-corrected chi connectivity index (χ2v) is 6.29. The maximum absolute atomic E-state index is 6.14. The van der Waals surface area contributed by atoms with E-state index in [2.05, 4.69) is 16.8 Å². The number of nitrogens with zero attached hydrogens (tertiary/aromatic N) is 3. The summed E-state index contributed by atoms with van der Waals surface area (Å²) in [5.41, 5.74) is 0. The van der Waals surface area contributed by atoms with Crippen molar-refractivity contribution < 1.29 is 0 Å². The third-order valence-electron chi connectivity index (χ3n) is 4.28. The summed E-state index contributed by atoms with van der Waals surface area (Å²) in [6, 6.07) is 1.92. The van der Waals surface area contributed by atoms with Gasteiger partial charge in [0, 0.05) is 25.1 Å². The molecule has 0 spiro atoms. The van der Waals surface area contributed by atoms with Gasteiger partial charge < -0.3 is 4.90 Å². The summed E-state index contributed by atoms with van der Waals surface area (Å²) in [5, 5.41) is 0.600. The van der Waals surface area contributed by atoms with Crippen molar-refractivity contribution in [3.63, 3.8) is 0 Å². The van der Waals surface area contributed by atoms with Gasteiger partial charge in [-0.05, 0) is 31.6 Å². The fourth-order valence-corrected chi connectivity index (χ4v) is 3.15. The molecule has 1 aliphatic carbocycles. The third-order valence-corrected chi connectivity index (χ3v) is 4.47. The van der Waals surface area contributed by atoms with E-state index in [1.54, 1.807) is 0 Å². The minimum absolute atomic E-state index is 0.565. The maximum atomic E-state index is 6.14. The number of hydrogen-bond acceptors (Lipinski definition) is 3. The standard InChI is InChI=1S/C15H22ClN3/c1-2-3-11-6-8-19(9-7-11)14-10-13(16)17-15(18-14)12-4-5-12/h10-12H,2-9H2,1H3. The van der Waals surface area contributed by atoms with Crippen molar-refractivity contribution in [2.45, 2.75) is 51.4 Å². The first-order valence-corrected chi connectivity index (χ1v) is 7.93. The molecule has 0 atom stereocenters. The molecule has 19 heavy (non-hydrogen) atoms.